The SMILES string of the molecule is [N-]=[N+]=NCCNC(CN=[N+]=[N-])C(N)=O. The van der Waals surface area contributed by atoms with Gasteiger partial charge in [0.2, 0.25) is 5.91 Å². The van der Waals surface area contributed by atoms with Crippen molar-refractivity contribution in [3.63, 3.8) is 0 Å². The molecule has 9 heteroatoms. The van der Waals surface area contributed by atoms with Crippen molar-refractivity contribution >= 4 is 5.91 Å². The number of primary amides is 1. The second-order valence-corrected chi connectivity index (χ2v) is 2.28. The molecular weight excluding hydrogens is 188 g/mol. The van der Waals surface area contributed by atoms with Gasteiger partial charge in [0.05, 0.1) is 12.6 Å². The molecule has 0 aromatic carbocycles. The first-order valence-corrected chi connectivity index (χ1v) is 3.76. The first-order chi connectivity index (χ1) is 6.72. The van der Waals surface area contributed by atoms with Crippen LogP contribution in [0.1, 0.15) is 0 Å². The van der Waals surface area contributed by atoms with Gasteiger partial charge in [-0.05, 0) is 11.1 Å². The molecule has 0 rings (SSSR count). The Kier molecular flexibility index (Phi) is 6.62. The summed E-state index contributed by atoms with van der Waals surface area (Å²) in [4.78, 5) is 15.8. The third-order valence-electron chi connectivity index (χ3n) is 1.34. The number of nitrogens with one attached hydrogen (secondary N) is 1. The number of nitrogens with zero attached hydrogens (tertiary/aromatic N) is 6. The molecule has 0 aliphatic heterocycles. The summed E-state index contributed by atoms with van der Waals surface area (Å²) in [6.45, 7) is 0.456. The van der Waals surface area contributed by atoms with E-state index < -0.39 is 11.9 Å². The maximum atomic E-state index is 10.7. The van der Waals surface area contributed by atoms with Crippen molar-refractivity contribution in [3.8, 4) is 0 Å². The number of nitrogens with two attached hydrogens (primary N) is 1. The minimum absolute atomic E-state index is 0.0535. The van der Waals surface area contributed by atoms with Crippen molar-refractivity contribution in [1.82, 2.24) is 5.32 Å². The predicted molar refractivity (Wildman–Crippen MR) is 49.0 cm³/mol. The summed E-state index contributed by atoms with van der Waals surface area (Å²) in [5, 5.41) is 9.14. The molecule has 0 radical (unpaired) electrons. The maximum absolute atomic E-state index is 10.7. The van der Waals surface area contributed by atoms with Crippen LogP contribution in [0.5, 0.6) is 0 Å². The molecule has 0 aliphatic rings. The van der Waals surface area contributed by atoms with Gasteiger partial charge in [0.15, 0.2) is 0 Å². The Hall–Kier alpha value is -1.95. The van der Waals surface area contributed by atoms with Crippen LogP contribution in [0, 0.1) is 0 Å². The summed E-state index contributed by atoms with van der Waals surface area (Å²) in [6, 6.07) is -0.722. The maximum Gasteiger partial charge on any atom is 0.234 e. The van der Waals surface area contributed by atoms with Gasteiger partial charge in [-0.25, -0.2) is 0 Å². The predicted octanol–water partition coefficient (Wildman–Crippen LogP) is 0.0505. The summed E-state index contributed by atoms with van der Waals surface area (Å²) in [7, 11) is 0. The van der Waals surface area contributed by atoms with Gasteiger partial charge in [-0.1, -0.05) is 10.2 Å². The molecule has 0 aliphatic carbocycles. The Labute approximate surface area is 79.5 Å². The average Bonchev–Trinajstić information content (AvgIpc) is 2.16. The van der Waals surface area contributed by atoms with Crippen molar-refractivity contribution in [2.45, 2.75) is 6.04 Å². The molecule has 0 saturated carbocycles. The van der Waals surface area contributed by atoms with E-state index >= 15 is 0 Å². The van der Waals surface area contributed by atoms with Crippen LogP contribution >= 0.6 is 0 Å². The quantitative estimate of drug-likeness (QED) is 0.257. The highest BCUT2D eigenvalue weighted by molar-refractivity contribution is 5.80. The summed E-state index contributed by atoms with van der Waals surface area (Å²) < 4.78 is 0. The fourth-order valence-corrected chi connectivity index (χ4v) is 0.707. The van der Waals surface area contributed by atoms with E-state index in [-0.39, 0.29) is 13.1 Å². The van der Waals surface area contributed by atoms with E-state index in [1.165, 1.54) is 0 Å². The molecular formula is C5H10N8O. The molecule has 3 N–H and O–H groups in total. The van der Waals surface area contributed by atoms with Crippen molar-refractivity contribution in [2.24, 2.45) is 16.0 Å². The Balaban J connectivity index is 3.90. The third-order valence-corrected chi connectivity index (χ3v) is 1.34. The van der Waals surface area contributed by atoms with E-state index in [1.807, 2.05) is 0 Å². The highest BCUT2D eigenvalue weighted by Crippen LogP contribution is 1.85. The summed E-state index contributed by atoms with van der Waals surface area (Å²) in [5.74, 6) is -0.613. The van der Waals surface area contributed by atoms with Gasteiger partial charge < -0.3 is 11.1 Å². The Morgan fingerprint density at radius 1 is 1.43 bits per heavy atom. The summed E-state index contributed by atoms with van der Waals surface area (Å²) in [5.41, 5.74) is 21.0. The van der Waals surface area contributed by atoms with Crippen LogP contribution in [0.25, 0.3) is 20.9 Å². The molecule has 0 fully saturated rings. The number of rotatable bonds is 7. The fourth-order valence-electron chi connectivity index (χ4n) is 0.707. The van der Waals surface area contributed by atoms with E-state index in [9.17, 15) is 4.79 Å². The molecule has 1 atom stereocenters. The standard InChI is InChI=1S/C5H10N8O/c6-5(14)4(3-11-13-8)9-1-2-10-12-7/h4,9H,1-3H2,(H2,6,14). The van der Waals surface area contributed by atoms with Crippen LogP contribution in [0.3, 0.4) is 0 Å². The lowest BCUT2D eigenvalue weighted by atomic mass is 10.3. The fraction of sp³-hybridized carbons (Fsp3) is 0.800. The van der Waals surface area contributed by atoms with E-state index in [1.54, 1.807) is 0 Å². The highest BCUT2D eigenvalue weighted by Gasteiger charge is 2.11. The Morgan fingerprint density at radius 2 is 2.07 bits per heavy atom. The number of hydrogen-bond donors (Lipinski definition) is 2. The average molecular weight is 198 g/mol. The van der Waals surface area contributed by atoms with Crippen LogP contribution in [0.15, 0.2) is 10.2 Å². The zero-order valence-electron chi connectivity index (χ0n) is 7.37. The van der Waals surface area contributed by atoms with E-state index in [4.69, 9.17) is 16.8 Å². The van der Waals surface area contributed by atoms with Crippen LogP contribution in [0.2, 0.25) is 0 Å². The lowest BCUT2D eigenvalue weighted by Gasteiger charge is -2.10. The molecule has 0 heterocycles. The van der Waals surface area contributed by atoms with Crippen molar-refractivity contribution < 1.29 is 4.79 Å². The van der Waals surface area contributed by atoms with Gasteiger partial charge in [-0.15, -0.1) is 0 Å². The van der Waals surface area contributed by atoms with Gasteiger partial charge >= 0.3 is 0 Å². The molecule has 0 spiro atoms. The molecule has 0 bridgehead atoms. The van der Waals surface area contributed by atoms with Crippen LogP contribution in [-0.2, 0) is 4.79 Å². The first kappa shape index (κ1) is 12.0. The second kappa shape index (κ2) is 7.69. The van der Waals surface area contributed by atoms with Crippen molar-refractivity contribution in [2.75, 3.05) is 19.6 Å². The summed E-state index contributed by atoms with van der Waals surface area (Å²) >= 11 is 0. The van der Waals surface area contributed by atoms with Gasteiger partial charge in [-0.2, -0.15) is 0 Å². The number of carbonyl (C=O) groups excluding carboxylic acids is 1. The van der Waals surface area contributed by atoms with Crippen LogP contribution in [-0.4, -0.2) is 31.6 Å². The minimum atomic E-state index is -0.722. The normalized spacial score (nSPS) is 10.9. The molecule has 76 valence electrons. The van der Waals surface area contributed by atoms with Gasteiger partial charge in [0, 0.05) is 22.9 Å². The topological polar surface area (TPSA) is 153 Å². The lowest BCUT2D eigenvalue weighted by Crippen LogP contribution is -2.44. The minimum Gasteiger partial charge on any atom is -0.368 e. The van der Waals surface area contributed by atoms with E-state index in [2.05, 4.69) is 25.4 Å². The molecule has 1 unspecified atom stereocenters. The Morgan fingerprint density at radius 3 is 2.57 bits per heavy atom. The van der Waals surface area contributed by atoms with Crippen molar-refractivity contribution in [3.05, 3.63) is 20.9 Å². The lowest BCUT2D eigenvalue weighted by molar-refractivity contribution is -0.119. The smallest absolute Gasteiger partial charge is 0.234 e. The monoisotopic (exact) mass is 198 g/mol. The van der Waals surface area contributed by atoms with Crippen molar-refractivity contribution in [1.29, 1.82) is 0 Å². The Bertz CT molecular complexity index is 275. The molecule has 9 nitrogen and oxygen atoms in total. The first-order valence-electron chi connectivity index (χ1n) is 3.76. The molecule has 0 saturated heterocycles. The molecule has 0 aromatic rings. The number of azide groups is 2. The summed E-state index contributed by atoms with van der Waals surface area (Å²) in [6.07, 6.45) is 0. The number of amides is 1. The van der Waals surface area contributed by atoms with E-state index in [0.717, 1.165) is 0 Å². The third kappa shape index (κ3) is 5.67. The molecule has 0 aromatic heterocycles. The van der Waals surface area contributed by atoms with Crippen LogP contribution in [0.4, 0.5) is 0 Å². The highest BCUT2D eigenvalue weighted by atomic mass is 16.1. The van der Waals surface area contributed by atoms with Gasteiger partial charge in [0.25, 0.3) is 0 Å². The zero-order valence-corrected chi connectivity index (χ0v) is 7.37. The number of carbonyl (C=O) groups is 1. The largest absolute Gasteiger partial charge is 0.368 e. The second-order valence-electron chi connectivity index (χ2n) is 2.28. The van der Waals surface area contributed by atoms with Crippen LogP contribution < -0.4 is 11.1 Å². The number of hydrogen-bond acceptors (Lipinski definition) is 4. The van der Waals surface area contributed by atoms with E-state index in [0.29, 0.717) is 6.54 Å². The molecule has 1 amide bonds. The van der Waals surface area contributed by atoms with Gasteiger partial charge in [0.1, 0.15) is 0 Å². The van der Waals surface area contributed by atoms with Gasteiger partial charge in [-0.3, -0.25) is 4.79 Å². The zero-order chi connectivity index (χ0) is 10.8. The molecule has 14 heavy (non-hydrogen) atoms.